The number of rotatable bonds is 5. The number of likely N-dealkylation sites (N-methyl/N-ethyl adjacent to an activating group) is 1. The third-order valence-corrected chi connectivity index (χ3v) is 2.86. The van der Waals surface area contributed by atoms with Gasteiger partial charge in [0.15, 0.2) is 0 Å². The van der Waals surface area contributed by atoms with Crippen molar-refractivity contribution >= 4 is 10.8 Å². The molecule has 3 nitrogen and oxygen atoms in total. The average Bonchev–Trinajstić information content (AvgIpc) is 2.38. The lowest BCUT2D eigenvalue weighted by molar-refractivity contribution is 0.168. The van der Waals surface area contributed by atoms with Crippen LogP contribution in [0.25, 0.3) is 10.8 Å². The minimum atomic E-state index is 0.198. The number of ether oxygens (including phenoxy) is 1. The molecule has 0 amide bonds. The van der Waals surface area contributed by atoms with Gasteiger partial charge in [0, 0.05) is 24.9 Å². The molecule has 90 valence electrons. The summed E-state index contributed by atoms with van der Waals surface area (Å²) in [6, 6.07) is 8.51. The van der Waals surface area contributed by atoms with Gasteiger partial charge in [0.1, 0.15) is 0 Å². The topological polar surface area (TPSA) is 34.1 Å². The zero-order valence-electron chi connectivity index (χ0n) is 10.3. The van der Waals surface area contributed by atoms with Crippen LogP contribution in [-0.4, -0.2) is 25.2 Å². The molecular weight excluding hydrogens is 212 g/mol. The zero-order valence-corrected chi connectivity index (χ0v) is 10.3. The van der Waals surface area contributed by atoms with Crippen LogP contribution in [0.15, 0.2) is 36.7 Å². The van der Waals surface area contributed by atoms with Crippen LogP contribution >= 0.6 is 0 Å². The predicted molar refractivity (Wildman–Crippen MR) is 70.0 cm³/mol. The maximum Gasteiger partial charge on any atom is 0.0658 e. The van der Waals surface area contributed by atoms with Crippen molar-refractivity contribution in [3.05, 3.63) is 42.2 Å². The smallest absolute Gasteiger partial charge is 0.0658 e. The highest BCUT2D eigenvalue weighted by Gasteiger charge is 2.13. The van der Waals surface area contributed by atoms with Crippen LogP contribution < -0.4 is 5.32 Å². The number of fused-ring (bicyclic) bond motifs is 1. The third kappa shape index (κ3) is 2.62. The lowest BCUT2D eigenvalue weighted by atomic mass is 10.0. The molecule has 2 rings (SSSR count). The number of methoxy groups -OCH3 is 1. The highest BCUT2D eigenvalue weighted by molar-refractivity contribution is 5.85. The Hall–Kier alpha value is -1.45. The van der Waals surface area contributed by atoms with E-state index in [-0.39, 0.29) is 6.04 Å². The van der Waals surface area contributed by atoms with E-state index in [4.69, 9.17) is 4.74 Å². The van der Waals surface area contributed by atoms with E-state index >= 15 is 0 Å². The Bertz CT molecular complexity index is 473. The standard InChI is InChI=1S/C14H18N2O/c1-3-16-14(10-17-2)13-9-15-8-11-6-4-5-7-12(11)13/h4-9,14,16H,3,10H2,1-2H3. The molecular formula is C14H18N2O. The van der Waals surface area contributed by atoms with Crippen molar-refractivity contribution < 1.29 is 4.74 Å². The number of nitrogens with zero attached hydrogens (tertiary/aromatic N) is 1. The molecule has 3 heteroatoms. The largest absolute Gasteiger partial charge is 0.383 e. The molecule has 2 aromatic rings. The van der Waals surface area contributed by atoms with E-state index in [0.29, 0.717) is 6.61 Å². The van der Waals surface area contributed by atoms with E-state index in [9.17, 15) is 0 Å². The molecule has 1 N–H and O–H groups in total. The van der Waals surface area contributed by atoms with Gasteiger partial charge in [-0.3, -0.25) is 4.98 Å². The number of nitrogens with one attached hydrogen (secondary N) is 1. The molecule has 0 aliphatic rings. The summed E-state index contributed by atoms with van der Waals surface area (Å²) in [6.07, 6.45) is 3.82. The van der Waals surface area contributed by atoms with Gasteiger partial charge in [-0.2, -0.15) is 0 Å². The van der Waals surface area contributed by atoms with Crippen LogP contribution in [0, 0.1) is 0 Å². The highest BCUT2D eigenvalue weighted by Crippen LogP contribution is 2.23. The second-order valence-corrected chi connectivity index (χ2v) is 4.02. The van der Waals surface area contributed by atoms with Crippen molar-refractivity contribution in [3.63, 3.8) is 0 Å². The molecule has 17 heavy (non-hydrogen) atoms. The summed E-state index contributed by atoms with van der Waals surface area (Å²) >= 11 is 0. The predicted octanol–water partition coefficient (Wildman–Crippen LogP) is 2.53. The molecule has 0 saturated heterocycles. The third-order valence-electron chi connectivity index (χ3n) is 2.86. The van der Waals surface area contributed by atoms with Crippen molar-refractivity contribution in [3.8, 4) is 0 Å². The van der Waals surface area contributed by atoms with E-state index in [1.165, 1.54) is 16.3 Å². The van der Waals surface area contributed by atoms with Crippen LogP contribution in [0.1, 0.15) is 18.5 Å². The summed E-state index contributed by atoms with van der Waals surface area (Å²) in [6.45, 7) is 3.67. The Morgan fingerprint density at radius 2 is 2.12 bits per heavy atom. The van der Waals surface area contributed by atoms with Gasteiger partial charge in [0.25, 0.3) is 0 Å². The van der Waals surface area contributed by atoms with Crippen molar-refractivity contribution in [2.75, 3.05) is 20.3 Å². The molecule has 1 atom stereocenters. The van der Waals surface area contributed by atoms with Gasteiger partial charge < -0.3 is 10.1 Å². The molecule has 0 radical (unpaired) electrons. The van der Waals surface area contributed by atoms with Gasteiger partial charge in [-0.05, 0) is 17.5 Å². The molecule has 0 aliphatic heterocycles. The van der Waals surface area contributed by atoms with E-state index < -0.39 is 0 Å². The first kappa shape index (κ1) is 12.0. The van der Waals surface area contributed by atoms with Gasteiger partial charge in [-0.1, -0.05) is 31.2 Å². The Morgan fingerprint density at radius 3 is 2.88 bits per heavy atom. The molecule has 1 aromatic carbocycles. The number of hydrogen-bond donors (Lipinski definition) is 1. The maximum absolute atomic E-state index is 5.27. The van der Waals surface area contributed by atoms with E-state index in [1.54, 1.807) is 7.11 Å². The van der Waals surface area contributed by atoms with Crippen LogP contribution in [0.4, 0.5) is 0 Å². The van der Waals surface area contributed by atoms with E-state index in [0.717, 1.165) is 6.54 Å². The van der Waals surface area contributed by atoms with Crippen molar-refractivity contribution in [1.82, 2.24) is 10.3 Å². The first-order chi connectivity index (χ1) is 8.36. The van der Waals surface area contributed by atoms with Gasteiger partial charge in [-0.25, -0.2) is 0 Å². The fourth-order valence-electron chi connectivity index (χ4n) is 2.09. The molecule has 0 saturated carbocycles. The molecule has 1 heterocycles. The zero-order chi connectivity index (χ0) is 12.1. The Balaban J connectivity index is 2.44. The minimum Gasteiger partial charge on any atom is -0.383 e. The monoisotopic (exact) mass is 230 g/mol. The summed E-state index contributed by atoms with van der Waals surface area (Å²) in [7, 11) is 1.73. The van der Waals surface area contributed by atoms with Crippen molar-refractivity contribution in [2.45, 2.75) is 13.0 Å². The van der Waals surface area contributed by atoms with Gasteiger partial charge in [0.05, 0.1) is 12.6 Å². The molecule has 0 spiro atoms. The molecule has 1 unspecified atom stereocenters. The van der Waals surface area contributed by atoms with Gasteiger partial charge >= 0.3 is 0 Å². The van der Waals surface area contributed by atoms with Crippen LogP contribution in [0.5, 0.6) is 0 Å². The summed E-state index contributed by atoms with van der Waals surface area (Å²) in [5.74, 6) is 0. The fraction of sp³-hybridized carbons (Fsp3) is 0.357. The van der Waals surface area contributed by atoms with Crippen LogP contribution in [0.3, 0.4) is 0 Å². The molecule has 0 bridgehead atoms. The second kappa shape index (κ2) is 5.75. The SMILES string of the molecule is CCNC(COC)c1cncc2ccccc12. The first-order valence-electron chi connectivity index (χ1n) is 5.91. The first-order valence-corrected chi connectivity index (χ1v) is 5.91. The summed E-state index contributed by atoms with van der Waals surface area (Å²) in [5.41, 5.74) is 1.20. The average molecular weight is 230 g/mol. The maximum atomic E-state index is 5.27. The minimum absolute atomic E-state index is 0.198. The van der Waals surface area contributed by atoms with E-state index in [1.807, 2.05) is 18.5 Å². The van der Waals surface area contributed by atoms with Crippen LogP contribution in [0.2, 0.25) is 0 Å². The lowest BCUT2D eigenvalue weighted by Crippen LogP contribution is -2.25. The molecule has 1 aromatic heterocycles. The normalized spacial score (nSPS) is 12.8. The number of aromatic nitrogens is 1. The Labute approximate surface area is 102 Å². The van der Waals surface area contributed by atoms with Gasteiger partial charge in [0.2, 0.25) is 0 Å². The fourth-order valence-corrected chi connectivity index (χ4v) is 2.09. The molecule has 0 aliphatic carbocycles. The summed E-state index contributed by atoms with van der Waals surface area (Å²) < 4.78 is 5.27. The number of hydrogen-bond acceptors (Lipinski definition) is 3. The number of benzene rings is 1. The number of pyridine rings is 1. The van der Waals surface area contributed by atoms with E-state index in [2.05, 4.69) is 35.4 Å². The van der Waals surface area contributed by atoms with Crippen molar-refractivity contribution in [2.24, 2.45) is 0 Å². The Morgan fingerprint density at radius 1 is 1.29 bits per heavy atom. The van der Waals surface area contributed by atoms with Crippen molar-refractivity contribution in [1.29, 1.82) is 0 Å². The second-order valence-electron chi connectivity index (χ2n) is 4.02. The lowest BCUT2D eigenvalue weighted by Gasteiger charge is -2.18. The quantitative estimate of drug-likeness (QED) is 0.857. The summed E-state index contributed by atoms with van der Waals surface area (Å²) in [4.78, 5) is 4.30. The van der Waals surface area contributed by atoms with Crippen LogP contribution in [-0.2, 0) is 4.74 Å². The summed E-state index contributed by atoms with van der Waals surface area (Å²) in [5, 5.41) is 5.84. The highest BCUT2D eigenvalue weighted by atomic mass is 16.5. The Kier molecular flexibility index (Phi) is 4.07. The molecule has 0 fully saturated rings. The van der Waals surface area contributed by atoms with Gasteiger partial charge in [-0.15, -0.1) is 0 Å².